The van der Waals surface area contributed by atoms with Crippen molar-refractivity contribution in [2.24, 2.45) is 11.8 Å². The van der Waals surface area contributed by atoms with E-state index < -0.39 is 0 Å². The van der Waals surface area contributed by atoms with Gasteiger partial charge in [-0.1, -0.05) is 24.0 Å². The molecule has 0 aliphatic heterocycles. The summed E-state index contributed by atoms with van der Waals surface area (Å²) in [6.45, 7) is 3.79. The van der Waals surface area contributed by atoms with Gasteiger partial charge in [-0.15, -0.1) is 0 Å². The highest BCUT2D eigenvalue weighted by molar-refractivity contribution is 5.36. The van der Waals surface area contributed by atoms with Gasteiger partial charge in [-0.2, -0.15) is 0 Å². The van der Waals surface area contributed by atoms with Gasteiger partial charge >= 0.3 is 0 Å². The van der Waals surface area contributed by atoms with Crippen LogP contribution in [0.25, 0.3) is 0 Å². The zero-order valence-electron chi connectivity index (χ0n) is 12.7. The van der Waals surface area contributed by atoms with Crippen molar-refractivity contribution in [2.75, 3.05) is 19.7 Å². The van der Waals surface area contributed by atoms with Gasteiger partial charge in [0.25, 0.3) is 0 Å². The van der Waals surface area contributed by atoms with E-state index in [1.54, 1.807) is 0 Å². The van der Waals surface area contributed by atoms with E-state index in [2.05, 4.69) is 41.0 Å². The highest BCUT2D eigenvalue weighted by Gasteiger charge is 2.28. The fourth-order valence-electron chi connectivity index (χ4n) is 2.71. The van der Waals surface area contributed by atoms with Crippen LogP contribution >= 0.6 is 0 Å². The first-order chi connectivity index (χ1) is 10.3. The summed E-state index contributed by atoms with van der Waals surface area (Å²) < 4.78 is 0. The summed E-state index contributed by atoms with van der Waals surface area (Å²) in [4.78, 5) is 2.65. The van der Waals surface area contributed by atoms with Crippen LogP contribution in [0.2, 0.25) is 0 Å². The summed E-state index contributed by atoms with van der Waals surface area (Å²) in [7, 11) is 0. The van der Waals surface area contributed by atoms with Crippen LogP contribution in [-0.2, 0) is 6.54 Å². The van der Waals surface area contributed by atoms with Crippen molar-refractivity contribution in [1.82, 2.24) is 4.90 Å². The summed E-state index contributed by atoms with van der Waals surface area (Å²) in [5, 5.41) is 8.73. The highest BCUT2D eigenvalue weighted by atomic mass is 16.2. The minimum Gasteiger partial charge on any atom is -0.395 e. The van der Waals surface area contributed by atoms with E-state index in [1.165, 1.54) is 44.3 Å². The average molecular weight is 283 g/mol. The predicted octanol–water partition coefficient (Wildman–Crippen LogP) is 3.04. The van der Waals surface area contributed by atoms with E-state index in [1.807, 2.05) is 0 Å². The van der Waals surface area contributed by atoms with Crippen LogP contribution in [0.5, 0.6) is 0 Å². The van der Waals surface area contributed by atoms with Crippen molar-refractivity contribution in [3.05, 3.63) is 35.4 Å². The monoisotopic (exact) mass is 283 g/mol. The van der Waals surface area contributed by atoms with E-state index >= 15 is 0 Å². The number of rotatable bonds is 7. The van der Waals surface area contributed by atoms with Gasteiger partial charge in [0.2, 0.25) is 0 Å². The van der Waals surface area contributed by atoms with Crippen molar-refractivity contribution < 1.29 is 5.11 Å². The maximum absolute atomic E-state index is 8.73. The van der Waals surface area contributed by atoms with Crippen LogP contribution in [0.4, 0.5) is 0 Å². The molecule has 1 aromatic carbocycles. The fourth-order valence-corrected chi connectivity index (χ4v) is 2.71. The lowest BCUT2D eigenvalue weighted by molar-refractivity contribution is 0.244. The van der Waals surface area contributed by atoms with Crippen molar-refractivity contribution in [2.45, 2.75) is 38.6 Å². The van der Waals surface area contributed by atoms with Crippen molar-refractivity contribution >= 4 is 0 Å². The highest BCUT2D eigenvalue weighted by Crippen LogP contribution is 2.34. The first kappa shape index (κ1) is 14.6. The molecule has 1 aromatic rings. The first-order valence-corrected chi connectivity index (χ1v) is 8.24. The van der Waals surface area contributed by atoms with Gasteiger partial charge in [0.15, 0.2) is 0 Å². The molecule has 2 heteroatoms. The van der Waals surface area contributed by atoms with Crippen LogP contribution in [0, 0.1) is 23.7 Å². The number of benzene rings is 1. The summed E-state index contributed by atoms with van der Waals surface area (Å²) in [6, 6.07) is 8.61. The lowest BCUT2D eigenvalue weighted by atomic mass is 10.1. The minimum absolute atomic E-state index is 0.141. The van der Waals surface area contributed by atoms with Gasteiger partial charge in [0.05, 0.1) is 6.61 Å². The molecule has 0 unspecified atom stereocenters. The molecule has 2 nitrogen and oxygen atoms in total. The molecule has 0 atom stereocenters. The summed E-state index contributed by atoms with van der Waals surface area (Å²) in [5.74, 6) is 7.99. The predicted molar refractivity (Wildman–Crippen MR) is 85.7 cm³/mol. The molecule has 0 bridgehead atoms. The third-order valence-electron chi connectivity index (χ3n) is 4.26. The number of aliphatic hydroxyl groups excluding tert-OH is 1. The van der Waals surface area contributed by atoms with Crippen LogP contribution in [0.3, 0.4) is 0 Å². The second kappa shape index (κ2) is 7.11. The zero-order chi connectivity index (χ0) is 14.5. The molecule has 0 spiro atoms. The lowest BCUT2D eigenvalue weighted by Crippen LogP contribution is -2.27. The third kappa shape index (κ3) is 5.19. The summed E-state index contributed by atoms with van der Waals surface area (Å²) in [6.07, 6.45) is 6.28. The summed E-state index contributed by atoms with van der Waals surface area (Å²) >= 11 is 0. The Morgan fingerprint density at radius 2 is 1.62 bits per heavy atom. The Morgan fingerprint density at radius 1 is 1.00 bits per heavy atom. The number of hydrogen-bond acceptors (Lipinski definition) is 2. The van der Waals surface area contributed by atoms with Gasteiger partial charge in [-0.3, -0.25) is 4.90 Å². The van der Waals surface area contributed by atoms with Crippen molar-refractivity contribution in [3.63, 3.8) is 0 Å². The number of hydrogen-bond donors (Lipinski definition) is 1. The second-order valence-electron chi connectivity index (χ2n) is 6.55. The number of aliphatic hydroxyl groups is 1. The molecule has 112 valence electrons. The molecule has 0 saturated heterocycles. The van der Waals surface area contributed by atoms with Crippen LogP contribution in [-0.4, -0.2) is 29.7 Å². The first-order valence-electron chi connectivity index (χ1n) is 8.24. The molecule has 2 aliphatic carbocycles. The minimum atomic E-state index is 0.141. The molecular weight excluding hydrogens is 258 g/mol. The molecule has 0 radical (unpaired) electrons. The van der Waals surface area contributed by atoms with Gasteiger partial charge in [0, 0.05) is 31.6 Å². The SMILES string of the molecule is OCCC#Cc1ccc(CN(CC2CC2)CC2CC2)cc1. The Kier molecular flexibility index (Phi) is 4.95. The molecule has 0 aromatic heterocycles. The largest absolute Gasteiger partial charge is 0.395 e. The molecule has 0 heterocycles. The quantitative estimate of drug-likeness (QED) is 0.778. The molecule has 3 rings (SSSR count). The molecule has 2 aliphatic rings. The third-order valence-corrected chi connectivity index (χ3v) is 4.26. The number of nitrogens with zero attached hydrogens (tertiary/aromatic N) is 1. The van der Waals surface area contributed by atoms with Crippen LogP contribution < -0.4 is 0 Å². The van der Waals surface area contributed by atoms with Gasteiger partial charge in [-0.25, -0.2) is 0 Å². The normalized spacial score (nSPS) is 17.6. The van der Waals surface area contributed by atoms with Crippen molar-refractivity contribution in [3.8, 4) is 11.8 Å². The maximum atomic E-state index is 8.73. The Balaban J connectivity index is 1.55. The summed E-state index contributed by atoms with van der Waals surface area (Å²) in [5.41, 5.74) is 2.44. The maximum Gasteiger partial charge on any atom is 0.0540 e. The molecule has 2 saturated carbocycles. The average Bonchev–Trinajstić information content (AvgIpc) is 3.38. The standard InChI is InChI=1S/C19H25NO/c21-12-2-1-3-16-4-6-17(7-5-16)13-20(14-18-8-9-18)15-19-10-11-19/h4-7,18-19,21H,2,8-15H2. The molecule has 0 amide bonds. The lowest BCUT2D eigenvalue weighted by Gasteiger charge is -2.22. The van der Waals surface area contributed by atoms with Crippen molar-refractivity contribution in [1.29, 1.82) is 0 Å². The van der Waals surface area contributed by atoms with Gasteiger partial charge in [-0.05, 0) is 55.2 Å². The Bertz CT molecular complexity index is 489. The van der Waals surface area contributed by atoms with E-state index in [-0.39, 0.29) is 6.61 Å². The van der Waals surface area contributed by atoms with Crippen LogP contribution in [0.1, 0.15) is 43.2 Å². The Morgan fingerprint density at radius 3 is 2.14 bits per heavy atom. The van der Waals surface area contributed by atoms with Crippen LogP contribution in [0.15, 0.2) is 24.3 Å². The zero-order valence-corrected chi connectivity index (χ0v) is 12.7. The van der Waals surface area contributed by atoms with Gasteiger partial charge < -0.3 is 5.11 Å². The second-order valence-corrected chi connectivity index (χ2v) is 6.55. The molecule has 2 fully saturated rings. The fraction of sp³-hybridized carbons (Fsp3) is 0.579. The van der Waals surface area contributed by atoms with E-state index in [0.717, 1.165) is 23.9 Å². The Labute approximate surface area is 128 Å². The molecule has 1 N–H and O–H groups in total. The van der Waals surface area contributed by atoms with E-state index in [4.69, 9.17) is 5.11 Å². The molecule has 21 heavy (non-hydrogen) atoms. The molecular formula is C19H25NO. The topological polar surface area (TPSA) is 23.5 Å². The smallest absolute Gasteiger partial charge is 0.0540 e. The van der Waals surface area contributed by atoms with E-state index in [9.17, 15) is 0 Å². The van der Waals surface area contributed by atoms with E-state index in [0.29, 0.717) is 6.42 Å². The van der Waals surface area contributed by atoms with Gasteiger partial charge in [0.1, 0.15) is 0 Å². The Hall–Kier alpha value is -1.30.